The topological polar surface area (TPSA) is 41.0 Å². The summed E-state index contributed by atoms with van der Waals surface area (Å²) in [5.74, 6) is 2.71. The van der Waals surface area contributed by atoms with Crippen molar-refractivity contribution in [1.82, 2.24) is 14.9 Å². The number of hydrogen-bond acceptors (Lipinski definition) is 4. The first kappa shape index (κ1) is 13.5. The SMILES string of the molecule is c1ccc(CN2C[C@@H]3C(Nc4ncnc5c4CCC5)[C@@H]3C2)cc1. The predicted molar refractivity (Wildman–Crippen MR) is 90.2 cm³/mol. The summed E-state index contributed by atoms with van der Waals surface area (Å²) >= 11 is 0. The van der Waals surface area contributed by atoms with Gasteiger partial charge in [-0.2, -0.15) is 0 Å². The normalized spacial score (nSPS) is 28.4. The van der Waals surface area contributed by atoms with Crippen LogP contribution in [-0.2, 0) is 19.4 Å². The van der Waals surface area contributed by atoms with Crippen LogP contribution in [-0.4, -0.2) is 34.0 Å². The molecule has 23 heavy (non-hydrogen) atoms. The van der Waals surface area contributed by atoms with Crippen LogP contribution in [0.25, 0.3) is 0 Å². The minimum Gasteiger partial charge on any atom is -0.366 e. The molecule has 2 fully saturated rings. The lowest BCUT2D eigenvalue weighted by Crippen LogP contribution is -2.28. The average Bonchev–Trinajstić information content (AvgIpc) is 2.99. The van der Waals surface area contributed by atoms with Crippen LogP contribution < -0.4 is 5.32 Å². The highest BCUT2D eigenvalue weighted by Crippen LogP contribution is 2.47. The van der Waals surface area contributed by atoms with Gasteiger partial charge in [0.2, 0.25) is 0 Å². The van der Waals surface area contributed by atoms with E-state index in [0.717, 1.165) is 37.0 Å². The number of benzene rings is 1. The summed E-state index contributed by atoms with van der Waals surface area (Å²) in [6.07, 6.45) is 5.22. The number of likely N-dealkylation sites (tertiary alicyclic amines) is 1. The maximum absolute atomic E-state index is 4.51. The molecule has 2 heterocycles. The standard InChI is InChI=1S/C19H22N4/c1-2-5-13(6-3-1)9-23-10-15-16(11-23)18(15)22-19-14-7-4-8-17(14)20-12-21-19/h1-3,5-6,12,15-16,18H,4,7-11H2,(H,20,21,22)/t15-,16+,18?. The number of rotatable bonds is 4. The lowest BCUT2D eigenvalue weighted by molar-refractivity contribution is 0.292. The number of nitrogens with one attached hydrogen (secondary N) is 1. The molecule has 1 saturated carbocycles. The number of piperidine rings is 1. The molecule has 0 radical (unpaired) electrons. The van der Waals surface area contributed by atoms with Gasteiger partial charge in [0.05, 0.1) is 0 Å². The lowest BCUT2D eigenvalue weighted by atomic mass is 10.2. The van der Waals surface area contributed by atoms with Crippen molar-refractivity contribution in [2.24, 2.45) is 11.8 Å². The Labute approximate surface area is 137 Å². The van der Waals surface area contributed by atoms with E-state index >= 15 is 0 Å². The third kappa shape index (κ3) is 2.41. The number of nitrogens with zero attached hydrogens (tertiary/aromatic N) is 3. The molecule has 1 aromatic carbocycles. The molecule has 118 valence electrons. The van der Waals surface area contributed by atoms with E-state index in [1.165, 1.54) is 36.3 Å². The first-order valence-electron chi connectivity index (χ1n) is 8.74. The second-order valence-electron chi connectivity index (χ2n) is 7.18. The molecule has 4 heteroatoms. The molecule has 1 aromatic heterocycles. The fourth-order valence-corrected chi connectivity index (χ4v) is 4.44. The molecule has 0 bridgehead atoms. The maximum Gasteiger partial charge on any atom is 0.133 e. The zero-order valence-corrected chi connectivity index (χ0v) is 13.3. The van der Waals surface area contributed by atoms with E-state index in [1.54, 1.807) is 6.33 Å². The Morgan fingerprint density at radius 1 is 1.04 bits per heavy atom. The molecule has 4 nitrogen and oxygen atoms in total. The highest BCUT2D eigenvalue weighted by Gasteiger charge is 2.55. The van der Waals surface area contributed by atoms with Crippen molar-refractivity contribution in [1.29, 1.82) is 0 Å². The van der Waals surface area contributed by atoms with Gasteiger partial charge >= 0.3 is 0 Å². The average molecular weight is 306 g/mol. The third-order valence-corrected chi connectivity index (χ3v) is 5.70. The van der Waals surface area contributed by atoms with Gasteiger partial charge in [-0.1, -0.05) is 30.3 Å². The quantitative estimate of drug-likeness (QED) is 0.942. The van der Waals surface area contributed by atoms with Gasteiger partial charge in [0.15, 0.2) is 0 Å². The molecular weight excluding hydrogens is 284 g/mol. The second kappa shape index (κ2) is 5.31. The van der Waals surface area contributed by atoms with E-state index in [1.807, 2.05) is 0 Å². The van der Waals surface area contributed by atoms with Gasteiger partial charge in [-0.15, -0.1) is 0 Å². The van der Waals surface area contributed by atoms with Gasteiger partial charge in [0.25, 0.3) is 0 Å². The van der Waals surface area contributed by atoms with Crippen LogP contribution in [0.2, 0.25) is 0 Å². The Balaban J connectivity index is 1.21. The largest absolute Gasteiger partial charge is 0.366 e. The van der Waals surface area contributed by atoms with Crippen molar-refractivity contribution < 1.29 is 0 Å². The molecular formula is C19H22N4. The van der Waals surface area contributed by atoms with Crippen LogP contribution in [0, 0.1) is 11.8 Å². The van der Waals surface area contributed by atoms with E-state index in [9.17, 15) is 0 Å². The summed E-state index contributed by atoms with van der Waals surface area (Å²) in [6, 6.07) is 11.4. The summed E-state index contributed by atoms with van der Waals surface area (Å²) in [5, 5.41) is 3.72. The van der Waals surface area contributed by atoms with E-state index in [-0.39, 0.29) is 0 Å². The monoisotopic (exact) mass is 306 g/mol. The van der Waals surface area contributed by atoms with Gasteiger partial charge in [0, 0.05) is 36.9 Å². The number of aromatic nitrogens is 2. The van der Waals surface area contributed by atoms with Gasteiger partial charge in [-0.3, -0.25) is 4.90 Å². The zero-order chi connectivity index (χ0) is 15.2. The minimum atomic E-state index is 0.627. The first-order valence-corrected chi connectivity index (χ1v) is 8.74. The summed E-state index contributed by atoms with van der Waals surface area (Å²) < 4.78 is 0. The maximum atomic E-state index is 4.51. The fraction of sp³-hybridized carbons (Fsp3) is 0.474. The molecule has 3 atom stereocenters. The summed E-state index contributed by atoms with van der Waals surface area (Å²) in [5.41, 5.74) is 4.06. The molecule has 2 aliphatic carbocycles. The molecule has 3 aliphatic rings. The Hall–Kier alpha value is -1.94. The predicted octanol–water partition coefficient (Wildman–Crippen LogP) is 2.51. The van der Waals surface area contributed by atoms with Gasteiger partial charge in [-0.05, 0) is 36.7 Å². The van der Waals surface area contributed by atoms with Crippen molar-refractivity contribution in [3.8, 4) is 0 Å². The first-order chi connectivity index (χ1) is 11.4. The Kier molecular flexibility index (Phi) is 3.11. The second-order valence-corrected chi connectivity index (χ2v) is 7.18. The van der Waals surface area contributed by atoms with Crippen LogP contribution in [0.3, 0.4) is 0 Å². The van der Waals surface area contributed by atoms with Crippen LogP contribution >= 0.6 is 0 Å². The smallest absolute Gasteiger partial charge is 0.133 e. The molecule has 1 N–H and O–H groups in total. The zero-order valence-electron chi connectivity index (χ0n) is 13.3. The van der Waals surface area contributed by atoms with Crippen LogP contribution in [0.1, 0.15) is 23.2 Å². The van der Waals surface area contributed by atoms with Crippen LogP contribution in [0.15, 0.2) is 36.7 Å². The summed E-state index contributed by atoms with van der Waals surface area (Å²) in [7, 11) is 0. The summed E-state index contributed by atoms with van der Waals surface area (Å²) in [4.78, 5) is 11.5. The number of fused-ring (bicyclic) bond motifs is 2. The highest BCUT2D eigenvalue weighted by atomic mass is 15.2. The van der Waals surface area contributed by atoms with Crippen molar-refractivity contribution in [2.45, 2.75) is 31.8 Å². The van der Waals surface area contributed by atoms with Crippen molar-refractivity contribution in [3.63, 3.8) is 0 Å². The van der Waals surface area contributed by atoms with Crippen molar-refractivity contribution in [3.05, 3.63) is 53.5 Å². The van der Waals surface area contributed by atoms with E-state index in [0.29, 0.717) is 6.04 Å². The van der Waals surface area contributed by atoms with E-state index in [2.05, 4.69) is 50.5 Å². The lowest BCUT2D eigenvalue weighted by Gasteiger charge is -2.20. The van der Waals surface area contributed by atoms with Gasteiger partial charge in [0.1, 0.15) is 12.1 Å². The molecule has 0 spiro atoms. The van der Waals surface area contributed by atoms with Gasteiger partial charge < -0.3 is 5.32 Å². The fourth-order valence-electron chi connectivity index (χ4n) is 4.44. The highest BCUT2D eigenvalue weighted by molar-refractivity contribution is 5.50. The van der Waals surface area contributed by atoms with Gasteiger partial charge in [-0.25, -0.2) is 9.97 Å². The minimum absolute atomic E-state index is 0.627. The molecule has 5 rings (SSSR count). The number of anilines is 1. The Morgan fingerprint density at radius 2 is 1.87 bits per heavy atom. The van der Waals surface area contributed by atoms with Crippen LogP contribution in [0.5, 0.6) is 0 Å². The van der Waals surface area contributed by atoms with Crippen molar-refractivity contribution >= 4 is 5.82 Å². The molecule has 2 aromatic rings. The molecule has 0 amide bonds. The number of aryl methyl sites for hydroxylation is 1. The Bertz CT molecular complexity index is 703. The number of hydrogen-bond donors (Lipinski definition) is 1. The molecule has 1 saturated heterocycles. The summed E-state index contributed by atoms with van der Waals surface area (Å²) in [6.45, 7) is 3.51. The van der Waals surface area contributed by atoms with Crippen molar-refractivity contribution in [2.75, 3.05) is 18.4 Å². The molecule has 1 unspecified atom stereocenters. The molecule has 1 aliphatic heterocycles. The van der Waals surface area contributed by atoms with Crippen LogP contribution in [0.4, 0.5) is 5.82 Å². The Morgan fingerprint density at radius 3 is 2.70 bits per heavy atom. The third-order valence-electron chi connectivity index (χ3n) is 5.70. The van der Waals surface area contributed by atoms with E-state index < -0.39 is 0 Å². The van der Waals surface area contributed by atoms with E-state index in [4.69, 9.17) is 0 Å².